The van der Waals surface area contributed by atoms with E-state index in [0.29, 0.717) is 12.1 Å². The fourth-order valence-electron chi connectivity index (χ4n) is 3.64. The van der Waals surface area contributed by atoms with E-state index < -0.39 is 18.1 Å². The first kappa shape index (κ1) is 34.5. The SMILES string of the molecule is CC.CC.COC(=O)NC(C#Cc1cncc(C2C=CNN2C)c1)C(=O)OC.COc1ccc2c(c1)C(=O)N(C)C2. The van der Waals surface area contributed by atoms with Gasteiger partial charge in [0.15, 0.2) is 6.04 Å². The largest absolute Gasteiger partial charge is 0.497 e. The highest BCUT2D eigenvalue weighted by atomic mass is 16.5. The summed E-state index contributed by atoms with van der Waals surface area (Å²) in [6, 6.07) is 6.40. The molecule has 0 saturated carbocycles. The normalized spacial score (nSPS) is 15.0. The fraction of sp³-hybridized carbons (Fsp3) is 0.400. The minimum absolute atomic E-state index is 0.0452. The Morgan fingerprint density at radius 1 is 1.07 bits per heavy atom. The molecule has 222 valence electrons. The van der Waals surface area contributed by atoms with E-state index in [1.165, 1.54) is 14.2 Å². The van der Waals surface area contributed by atoms with E-state index in [-0.39, 0.29) is 11.9 Å². The van der Waals surface area contributed by atoms with Crippen LogP contribution in [0.1, 0.15) is 60.8 Å². The van der Waals surface area contributed by atoms with Gasteiger partial charge in [-0.15, -0.1) is 0 Å². The standard InChI is InChI=1S/C16H18N4O4.C10H11NO2.2C2H6/c1-20-14(6-7-18-20)12-8-11(9-17-10-12)4-5-13(15(21)23-2)19-16(22)24-3;1-11-6-7-3-4-8(13-2)5-9(7)10(11)12;2*1-2/h6-10,13-14,18H,1-3H3,(H,19,22);3-5H,6H2,1-2H3;2*1-2H3. The van der Waals surface area contributed by atoms with Crippen molar-refractivity contribution in [2.24, 2.45) is 0 Å². The molecule has 0 spiro atoms. The molecular formula is C30H41N5O6. The van der Waals surface area contributed by atoms with E-state index in [4.69, 9.17) is 4.74 Å². The molecule has 0 saturated heterocycles. The second-order valence-electron chi connectivity index (χ2n) is 8.10. The number of benzene rings is 1. The minimum Gasteiger partial charge on any atom is -0.497 e. The van der Waals surface area contributed by atoms with Gasteiger partial charge < -0.3 is 24.5 Å². The smallest absolute Gasteiger partial charge is 0.408 e. The summed E-state index contributed by atoms with van der Waals surface area (Å²) in [4.78, 5) is 40.3. The molecule has 0 bridgehead atoms. The number of methoxy groups -OCH3 is 3. The third-order valence-electron chi connectivity index (χ3n) is 5.62. The van der Waals surface area contributed by atoms with Crippen molar-refractivity contribution in [3.63, 3.8) is 0 Å². The Morgan fingerprint density at radius 3 is 2.37 bits per heavy atom. The number of nitrogens with one attached hydrogen (secondary N) is 2. The maximum absolute atomic E-state index is 11.7. The molecule has 2 N–H and O–H groups in total. The van der Waals surface area contributed by atoms with Crippen LogP contribution in [0.15, 0.2) is 48.9 Å². The summed E-state index contributed by atoms with van der Waals surface area (Å²) in [7, 11) is 7.73. The number of esters is 1. The van der Waals surface area contributed by atoms with Crippen molar-refractivity contribution in [3.05, 3.63) is 71.2 Å². The van der Waals surface area contributed by atoms with Crippen molar-refractivity contribution in [2.75, 3.05) is 35.4 Å². The van der Waals surface area contributed by atoms with Gasteiger partial charge in [-0.1, -0.05) is 45.6 Å². The zero-order valence-electron chi connectivity index (χ0n) is 25.3. The van der Waals surface area contributed by atoms with Gasteiger partial charge in [0.2, 0.25) is 0 Å². The van der Waals surface area contributed by atoms with Crippen LogP contribution in [0.3, 0.4) is 0 Å². The summed E-state index contributed by atoms with van der Waals surface area (Å²) >= 11 is 0. The molecular weight excluding hydrogens is 526 g/mol. The molecule has 0 aliphatic carbocycles. The van der Waals surface area contributed by atoms with E-state index in [1.807, 2.05) is 70.2 Å². The predicted octanol–water partition coefficient (Wildman–Crippen LogP) is 3.67. The summed E-state index contributed by atoms with van der Waals surface area (Å²) in [6.45, 7) is 8.71. The van der Waals surface area contributed by atoms with Crippen LogP contribution in [0.25, 0.3) is 0 Å². The molecule has 11 heteroatoms. The van der Waals surface area contributed by atoms with Gasteiger partial charge in [-0.05, 0) is 35.4 Å². The Bertz CT molecular complexity index is 1250. The third kappa shape index (κ3) is 9.85. The molecule has 2 unspecified atom stereocenters. The second-order valence-corrected chi connectivity index (χ2v) is 8.10. The highest BCUT2D eigenvalue weighted by Gasteiger charge is 2.24. The van der Waals surface area contributed by atoms with Crippen LogP contribution in [0.4, 0.5) is 4.79 Å². The van der Waals surface area contributed by atoms with Gasteiger partial charge in [0.1, 0.15) is 5.75 Å². The van der Waals surface area contributed by atoms with Gasteiger partial charge in [-0.3, -0.25) is 15.1 Å². The molecule has 4 rings (SSSR count). The molecule has 2 aromatic rings. The van der Waals surface area contributed by atoms with Crippen LogP contribution >= 0.6 is 0 Å². The van der Waals surface area contributed by atoms with Crippen molar-refractivity contribution >= 4 is 18.0 Å². The summed E-state index contributed by atoms with van der Waals surface area (Å²) in [5.41, 5.74) is 6.46. The second kappa shape index (κ2) is 17.9. The number of nitrogens with zero attached hydrogens (tertiary/aromatic N) is 3. The highest BCUT2D eigenvalue weighted by Crippen LogP contribution is 2.25. The average molecular weight is 568 g/mol. The van der Waals surface area contributed by atoms with Crippen LogP contribution < -0.4 is 15.5 Å². The number of hydrogen-bond acceptors (Lipinski definition) is 9. The van der Waals surface area contributed by atoms with E-state index in [1.54, 1.807) is 37.5 Å². The lowest BCUT2D eigenvalue weighted by molar-refractivity contribution is -0.141. The molecule has 2 aliphatic heterocycles. The number of carbonyl (C=O) groups is 3. The Morgan fingerprint density at radius 2 is 1.78 bits per heavy atom. The molecule has 1 aromatic carbocycles. The summed E-state index contributed by atoms with van der Waals surface area (Å²) < 4.78 is 14.1. The van der Waals surface area contributed by atoms with Crippen molar-refractivity contribution in [1.29, 1.82) is 0 Å². The third-order valence-corrected chi connectivity index (χ3v) is 5.62. The number of amides is 2. The summed E-state index contributed by atoms with van der Waals surface area (Å²) in [6.07, 6.45) is 6.39. The number of hydrazine groups is 1. The average Bonchev–Trinajstić information content (AvgIpc) is 3.58. The van der Waals surface area contributed by atoms with Gasteiger partial charge in [0.05, 0.1) is 27.4 Å². The van der Waals surface area contributed by atoms with E-state index in [0.717, 1.165) is 22.4 Å². The van der Waals surface area contributed by atoms with Crippen LogP contribution in [-0.2, 0) is 20.8 Å². The maximum Gasteiger partial charge on any atom is 0.408 e. The van der Waals surface area contributed by atoms with Crippen molar-refractivity contribution in [2.45, 2.75) is 46.3 Å². The van der Waals surface area contributed by atoms with E-state index in [9.17, 15) is 14.4 Å². The van der Waals surface area contributed by atoms with Crippen LogP contribution in [-0.4, -0.2) is 74.3 Å². The lowest BCUT2D eigenvalue weighted by atomic mass is 10.1. The number of carbonyl (C=O) groups excluding carboxylic acids is 3. The molecule has 11 nitrogen and oxygen atoms in total. The number of pyridine rings is 1. The molecule has 0 radical (unpaired) electrons. The molecule has 41 heavy (non-hydrogen) atoms. The molecule has 2 atom stereocenters. The Kier molecular flexibility index (Phi) is 15.1. The number of alkyl carbamates (subject to hydrolysis) is 1. The lowest BCUT2D eigenvalue weighted by Gasteiger charge is -2.19. The zero-order valence-corrected chi connectivity index (χ0v) is 25.3. The first-order valence-corrected chi connectivity index (χ1v) is 13.2. The quantitative estimate of drug-likeness (QED) is 0.421. The number of likely N-dealkylation sites (N-methyl/N-ethyl adjacent to an activating group) is 1. The lowest BCUT2D eigenvalue weighted by Crippen LogP contribution is -2.40. The summed E-state index contributed by atoms with van der Waals surface area (Å²) in [5.74, 6) is 5.61. The first-order chi connectivity index (χ1) is 19.8. The predicted molar refractivity (Wildman–Crippen MR) is 157 cm³/mol. The Balaban J connectivity index is 0.000000414. The maximum atomic E-state index is 11.7. The number of aromatic nitrogens is 1. The van der Waals surface area contributed by atoms with Gasteiger partial charge in [-0.25, -0.2) is 14.6 Å². The molecule has 2 aliphatic rings. The molecule has 2 amide bonds. The van der Waals surface area contributed by atoms with Gasteiger partial charge >= 0.3 is 12.1 Å². The van der Waals surface area contributed by atoms with Gasteiger partial charge in [0, 0.05) is 50.4 Å². The van der Waals surface area contributed by atoms with Gasteiger partial charge in [0.25, 0.3) is 5.91 Å². The van der Waals surface area contributed by atoms with Crippen LogP contribution in [0, 0.1) is 11.8 Å². The van der Waals surface area contributed by atoms with Gasteiger partial charge in [-0.2, -0.15) is 0 Å². The minimum atomic E-state index is -1.12. The van der Waals surface area contributed by atoms with Crippen molar-refractivity contribution in [3.8, 4) is 17.6 Å². The van der Waals surface area contributed by atoms with E-state index in [2.05, 4.69) is 37.0 Å². The molecule has 0 fully saturated rings. The first-order valence-electron chi connectivity index (χ1n) is 13.2. The van der Waals surface area contributed by atoms with E-state index >= 15 is 0 Å². The number of hydrogen-bond donors (Lipinski definition) is 2. The van der Waals surface area contributed by atoms with Crippen molar-refractivity contribution in [1.82, 2.24) is 25.6 Å². The highest BCUT2D eigenvalue weighted by molar-refractivity contribution is 5.98. The monoisotopic (exact) mass is 567 g/mol. The fourth-order valence-corrected chi connectivity index (χ4v) is 3.64. The van der Waals surface area contributed by atoms with Crippen LogP contribution in [0.5, 0.6) is 5.75 Å². The summed E-state index contributed by atoms with van der Waals surface area (Å²) in [5, 5.41) is 4.23. The molecule has 3 heterocycles. The zero-order chi connectivity index (χ0) is 30.9. The Labute approximate surface area is 242 Å². The number of rotatable bonds is 4. The Hall–Kier alpha value is -4.56. The topological polar surface area (TPSA) is 122 Å². The van der Waals surface area contributed by atoms with Crippen LogP contribution in [0.2, 0.25) is 0 Å². The number of ether oxygens (including phenoxy) is 3. The van der Waals surface area contributed by atoms with Crippen molar-refractivity contribution < 1.29 is 28.6 Å². The molecule has 1 aromatic heterocycles. The number of fused-ring (bicyclic) bond motifs is 1.